The second-order valence-electron chi connectivity index (χ2n) is 8.83. The van der Waals surface area contributed by atoms with Crippen LogP contribution in [0.2, 0.25) is 5.02 Å². The van der Waals surface area contributed by atoms with Gasteiger partial charge in [-0.25, -0.2) is 4.98 Å². The van der Waals surface area contributed by atoms with Crippen LogP contribution < -0.4 is 10.6 Å². The summed E-state index contributed by atoms with van der Waals surface area (Å²) in [6.07, 6.45) is 1.36. The van der Waals surface area contributed by atoms with Crippen LogP contribution in [-0.2, 0) is 4.79 Å². The van der Waals surface area contributed by atoms with E-state index in [0.717, 1.165) is 5.56 Å². The zero-order valence-electron chi connectivity index (χ0n) is 18.8. The van der Waals surface area contributed by atoms with Crippen LogP contribution in [0.4, 0.5) is 5.82 Å². The van der Waals surface area contributed by atoms with Crippen LogP contribution >= 0.6 is 11.6 Å². The van der Waals surface area contributed by atoms with E-state index in [1.54, 1.807) is 30.2 Å². The van der Waals surface area contributed by atoms with Crippen molar-refractivity contribution in [3.8, 4) is 17.2 Å². The first-order chi connectivity index (χ1) is 16.9. The second-order valence-corrected chi connectivity index (χ2v) is 9.24. The largest absolute Gasteiger partial charge is 0.389 e. The highest BCUT2D eigenvalue weighted by Gasteiger charge is 2.75. The maximum absolute atomic E-state index is 12.5. The number of anilines is 1. The molecule has 2 aliphatic rings. The minimum Gasteiger partial charge on any atom is -0.389 e. The molecule has 1 amide bonds. The van der Waals surface area contributed by atoms with Gasteiger partial charge in [-0.3, -0.25) is 4.79 Å². The standard InChI is InChI=1S/C22H22ClN9O3/c1-24-18-14-19(28-21(27-18)32-8-13(29-30-32)10-5-3-4-6-12(10)23)31(9-26-14)15-11-7-22(11,20(35)25-2)17(34)16(15)33/h3-6,8-9,11,15-17,33-34H,7H2,1-2H3,(H,25,35)(H,24,27,28)/t11?,15-,16+,17+,22-/m1/s1. The molecule has 13 heteroatoms. The molecule has 1 aromatic carbocycles. The number of nitrogens with zero attached hydrogens (tertiary/aromatic N) is 7. The third kappa shape index (κ3) is 3.00. The van der Waals surface area contributed by atoms with Crippen molar-refractivity contribution in [1.29, 1.82) is 0 Å². The first-order valence-corrected chi connectivity index (χ1v) is 11.5. The number of carbonyl (C=O) groups excluding carboxylic acids is 1. The Morgan fingerprint density at radius 3 is 2.77 bits per heavy atom. The summed E-state index contributed by atoms with van der Waals surface area (Å²) >= 11 is 6.30. The predicted molar refractivity (Wildman–Crippen MR) is 126 cm³/mol. The topological polar surface area (TPSA) is 156 Å². The molecule has 180 valence electrons. The molecule has 3 aromatic heterocycles. The van der Waals surface area contributed by atoms with Gasteiger partial charge < -0.3 is 25.4 Å². The number of carbonyl (C=O) groups is 1. The van der Waals surface area contributed by atoms with Gasteiger partial charge in [-0.05, 0) is 12.5 Å². The van der Waals surface area contributed by atoms with Crippen LogP contribution in [-0.4, -0.2) is 76.9 Å². The lowest BCUT2D eigenvalue weighted by Gasteiger charge is -2.23. The van der Waals surface area contributed by atoms with Crippen LogP contribution in [0.1, 0.15) is 12.5 Å². The summed E-state index contributed by atoms with van der Waals surface area (Å²) in [5.74, 6) is 0.164. The minimum atomic E-state index is -1.19. The van der Waals surface area contributed by atoms with Crippen LogP contribution in [0.25, 0.3) is 28.4 Å². The number of nitrogens with one attached hydrogen (secondary N) is 2. The number of rotatable bonds is 5. The van der Waals surface area contributed by atoms with E-state index in [1.165, 1.54) is 11.7 Å². The van der Waals surface area contributed by atoms with Gasteiger partial charge in [0.15, 0.2) is 17.0 Å². The van der Waals surface area contributed by atoms with Gasteiger partial charge in [0.05, 0.1) is 35.1 Å². The molecule has 0 radical (unpaired) electrons. The molecule has 0 aliphatic heterocycles. The summed E-state index contributed by atoms with van der Waals surface area (Å²) in [5, 5.41) is 36.2. The van der Waals surface area contributed by atoms with Crippen molar-refractivity contribution in [3.63, 3.8) is 0 Å². The molecule has 5 atom stereocenters. The van der Waals surface area contributed by atoms with Gasteiger partial charge in [0.2, 0.25) is 5.91 Å². The number of hydrogen-bond donors (Lipinski definition) is 4. The summed E-state index contributed by atoms with van der Waals surface area (Å²) in [4.78, 5) is 26.2. The molecule has 0 saturated heterocycles. The van der Waals surface area contributed by atoms with Gasteiger partial charge in [0.1, 0.15) is 11.8 Å². The molecule has 12 nitrogen and oxygen atoms in total. The molecule has 1 unspecified atom stereocenters. The Bertz CT molecular complexity index is 1470. The van der Waals surface area contributed by atoms with Gasteiger partial charge in [0.25, 0.3) is 5.95 Å². The number of benzene rings is 1. The first-order valence-electron chi connectivity index (χ1n) is 11.1. The molecule has 4 aromatic rings. The van der Waals surface area contributed by atoms with Crippen molar-refractivity contribution >= 4 is 34.5 Å². The van der Waals surface area contributed by atoms with Gasteiger partial charge in [-0.2, -0.15) is 14.6 Å². The van der Waals surface area contributed by atoms with E-state index in [-0.39, 0.29) is 17.8 Å². The molecule has 2 fully saturated rings. The minimum absolute atomic E-state index is 0.232. The molecule has 35 heavy (non-hydrogen) atoms. The van der Waals surface area contributed by atoms with E-state index in [0.29, 0.717) is 34.1 Å². The Kier molecular flexibility index (Phi) is 4.82. The molecule has 4 N–H and O–H groups in total. The van der Waals surface area contributed by atoms with Crippen molar-refractivity contribution < 1.29 is 15.0 Å². The van der Waals surface area contributed by atoms with Gasteiger partial charge in [-0.1, -0.05) is 35.0 Å². The van der Waals surface area contributed by atoms with E-state index in [4.69, 9.17) is 11.6 Å². The maximum Gasteiger partial charge on any atom is 0.256 e. The summed E-state index contributed by atoms with van der Waals surface area (Å²) in [6, 6.07) is 6.73. The van der Waals surface area contributed by atoms with Crippen LogP contribution in [0, 0.1) is 11.3 Å². The fourth-order valence-electron chi connectivity index (χ4n) is 5.34. The van der Waals surface area contributed by atoms with Crippen molar-refractivity contribution in [2.45, 2.75) is 24.7 Å². The predicted octanol–water partition coefficient (Wildman–Crippen LogP) is 0.798. The number of imidazole rings is 1. The molecule has 2 aliphatic carbocycles. The molecular weight excluding hydrogens is 474 g/mol. The number of aromatic nitrogens is 7. The number of amides is 1. The Hall–Kier alpha value is -3.61. The normalized spacial score (nSPS) is 27.1. The molecule has 2 saturated carbocycles. The van der Waals surface area contributed by atoms with E-state index < -0.39 is 23.7 Å². The van der Waals surface area contributed by atoms with Crippen LogP contribution in [0.15, 0.2) is 36.8 Å². The van der Waals surface area contributed by atoms with E-state index in [1.807, 2.05) is 18.2 Å². The van der Waals surface area contributed by atoms with Crippen LogP contribution in [0.3, 0.4) is 0 Å². The highest BCUT2D eigenvalue weighted by atomic mass is 35.5. The fourth-order valence-corrected chi connectivity index (χ4v) is 5.57. The highest BCUT2D eigenvalue weighted by molar-refractivity contribution is 6.33. The molecular formula is C22H22ClN9O3. The van der Waals surface area contributed by atoms with Crippen molar-refractivity contribution in [3.05, 3.63) is 41.8 Å². The zero-order valence-corrected chi connectivity index (χ0v) is 19.5. The van der Waals surface area contributed by atoms with Crippen molar-refractivity contribution in [1.82, 2.24) is 39.8 Å². The second kappa shape index (κ2) is 7.70. The van der Waals surface area contributed by atoms with Crippen molar-refractivity contribution in [2.75, 3.05) is 19.4 Å². The summed E-state index contributed by atoms with van der Waals surface area (Å²) in [5.41, 5.74) is 1.20. The summed E-state index contributed by atoms with van der Waals surface area (Å²) in [7, 11) is 3.24. The lowest BCUT2D eigenvalue weighted by Crippen LogP contribution is -2.41. The highest BCUT2D eigenvalue weighted by Crippen LogP contribution is 2.67. The average molecular weight is 496 g/mol. The zero-order chi connectivity index (χ0) is 24.5. The third-order valence-corrected chi connectivity index (χ3v) is 7.47. The summed E-state index contributed by atoms with van der Waals surface area (Å²) in [6.45, 7) is 0. The quantitative estimate of drug-likeness (QED) is 0.314. The Balaban J connectivity index is 1.44. The smallest absolute Gasteiger partial charge is 0.256 e. The lowest BCUT2D eigenvalue weighted by atomic mass is 9.98. The Morgan fingerprint density at radius 1 is 1.23 bits per heavy atom. The van der Waals surface area contributed by atoms with Crippen molar-refractivity contribution in [2.24, 2.45) is 11.3 Å². The van der Waals surface area contributed by atoms with E-state index in [9.17, 15) is 15.0 Å². The number of halogens is 1. The van der Waals surface area contributed by atoms with Gasteiger partial charge in [-0.15, -0.1) is 5.10 Å². The Morgan fingerprint density at radius 2 is 2.03 bits per heavy atom. The first kappa shape index (κ1) is 21.9. The lowest BCUT2D eigenvalue weighted by molar-refractivity contribution is -0.132. The molecule has 3 heterocycles. The number of aliphatic hydroxyl groups excluding tert-OH is 2. The molecule has 6 rings (SSSR count). The number of fused-ring (bicyclic) bond motifs is 2. The SMILES string of the molecule is CNC(=O)[C@]12CC1[C@@H](n1cnc3c(NC)nc(-n4cc(-c5ccccc5Cl)nn4)nc31)[C@H](O)[C@@H]2O. The Labute approximate surface area is 204 Å². The fraction of sp³-hybridized carbons (Fsp3) is 0.364. The molecule has 0 spiro atoms. The summed E-state index contributed by atoms with van der Waals surface area (Å²) < 4.78 is 3.14. The molecule has 0 bridgehead atoms. The van der Waals surface area contributed by atoms with Gasteiger partial charge >= 0.3 is 0 Å². The number of aliphatic hydroxyl groups is 2. The monoisotopic (exact) mass is 495 g/mol. The average Bonchev–Trinajstić information content (AvgIpc) is 3.14. The number of hydrogen-bond acceptors (Lipinski definition) is 9. The third-order valence-electron chi connectivity index (χ3n) is 7.14. The van der Waals surface area contributed by atoms with E-state index >= 15 is 0 Å². The maximum atomic E-state index is 12.5. The van der Waals surface area contributed by atoms with Crippen LogP contribution in [0.5, 0.6) is 0 Å². The van der Waals surface area contributed by atoms with E-state index in [2.05, 4.69) is 35.9 Å². The van der Waals surface area contributed by atoms with Gasteiger partial charge in [0, 0.05) is 25.6 Å².